The Balaban J connectivity index is 1.83. The number of likely N-dealkylation sites (tertiary alicyclic amines) is 1. The number of rotatable bonds is 4. The van der Waals surface area contributed by atoms with Gasteiger partial charge in [-0.25, -0.2) is 4.79 Å². The van der Waals surface area contributed by atoms with Crippen molar-refractivity contribution in [2.24, 2.45) is 5.92 Å². The number of quaternary nitrogens is 1. The molecular formula is C24H28NO4+. The molecule has 4 rings (SSSR count). The van der Waals surface area contributed by atoms with Crippen molar-refractivity contribution in [3.63, 3.8) is 0 Å². The van der Waals surface area contributed by atoms with Crippen LogP contribution in [0.1, 0.15) is 30.9 Å². The van der Waals surface area contributed by atoms with Gasteiger partial charge in [-0.1, -0.05) is 19.1 Å². The smallest absolute Gasteiger partial charge is 0.336 e. The van der Waals surface area contributed by atoms with Gasteiger partial charge in [0.25, 0.3) is 0 Å². The maximum absolute atomic E-state index is 12.2. The van der Waals surface area contributed by atoms with Crippen molar-refractivity contribution in [1.82, 2.24) is 0 Å². The fourth-order valence-electron chi connectivity index (χ4n) is 4.49. The minimum absolute atomic E-state index is 0.234. The summed E-state index contributed by atoms with van der Waals surface area (Å²) in [6.07, 6.45) is 2.49. The fourth-order valence-corrected chi connectivity index (χ4v) is 4.49. The maximum atomic E-state index is 12.2. The SMILES string of the molecule is COc1ccc(-c2cc(=O)oc3c(C)c(O)c(C[NH+]4CCC[C@H](C)C4)cc23)cc1. The summed E-state index contributed by atoms with van der Waals surface area (Å²) in [6.45, 7) is 7.12. The molecule has 3 aromatic rings. The molecule has 5 nitrogen and oxygen atoms in total. The molecule has 5 heteroatoms. The number of fused-ring (bicyclic) bond motifs is 1. The Hall–Kier alpha value is -2.79. The van der Waals surface area contributed by atoms with E-state index in [2.05, 4.69) is 6.92 Å². The Morgan fingerprint density at radius 1 is 1.24 bits per heavy atom. The second-order valence-corrected chi connectivity index (χ2v) is 8.22. The van der Waals surface area contributed by atoms with Crippen LogP contribution in [-0.2, 0) is 6.54 Å². The molecule has 1 fully saturated rings. The van der Waals surface area contributed by atoms with Crippen LogP contribution in [0, 0.1) is 12.8 Å². The van der Waals surface area contributed by atoms with Gasteiger partial charge in [0.15, 0.2) is 0 Å². The van der Waals surface area contributed by atoms with E-state index in [4.69, 9.17) is 9.15 Å². The van der Waals surface area contributed by atoms with Crippen molar-refractivity contribution >= 4 is 11.0 Å². The summed E-state index contributed by atoms with van der Waals surface area (Å²) in [4.78, 5) is 13.7. The van der Waals surface area contributed by atoms with Crippen molar-refractivity contribution in [2.75, 3.05) is 20.2 Å². The molecule has 0 spiro atoms. The van der Waals surface area contributed by atoms with E-state index in [0.717, 1.165) is 47.5 Å². The fraction of sp³-hybridized carbons (Fsp3) is 0.375. The van der Waals surface area contributed by atoms with Crippen molar-refractivity contribution in [2.45, 2.75) is 33.2 Å². The van der Waals surface area contributed by atoms with E-state index in [1.54, 1.807) is 7.11 Å². The molecule has 0 saturated carbocycles. The van der Waals surface area contributed by atoms with E-state index in [1.165, 1.54) is 23.8 Å². The Bertz CT molecular complexity index is 1080. The van der Waals surface area contributed by atoms with E-state index in [1.807, 2.05) is 37.3 Å². The minimum Gasteiger partial charge on any atom is -0.507 e. The Morgan fingerprint density at radius 3 is 2.69 bits per heavy atom. The molecule has 29 heavy (non-hydrogen) atoms. The van der Waals surface area contributed by atoms with E-state index < -0.39 is 5.63 Å². The lowest BCUT2D eigenvalue weighted by Gasteiger charge is -2.28. The Morgan fingerprint density at radius 2 is 2.00 bits per heavy atom. The van der Waals surface area contributed by atoms with Crippen LogP contribution in [0.5, 0.6) is 11.5 Å². The van der Waals surface area contributed by atoms with E-state index in [-0.39, 0.29) is 5.75 Å². The molecule has 2 atom stereocenters. The average molecular weight is 394 g/mol. The number of phenols is 1. The number of aryl methyl sites for hydroxylation is 1. The highest BCUT2D eigenvalue weighted by Gasteiger charge is 2.23. The van der Waals surface area contributed by atoms with Crippen LogP contribution in [0.3, 0.4) is 0 Å². The topological polar surface area (TPSA) is 64.1 Å². The number of benzene rings is 2. The second kappa shape index (κ2) is 7.91. The number of ether oxygens (including phenoxy) is 1. The molecule has 1 aliphatic heterocycles. The number of methoxy groups -OCH3 is 1. The van der Waals surface area contributed by atoms with Crippen LogP contribution in [0.25, 0.3) is 22.1 Å². The summed E-state index contributed by atoms with van der Waals surface area (Å²) >= 11 is 0. The Labute approximate surface area is 170 Å². The van der Waals surface area contributed by atoms with Gasteiger partial charge in [0.2, 0.25) is 0 Å². The highest BCUT2D eigenvalue weighted by atomic mass is 16.5. The number of piperidine rings is 1. The van der Waals surface area contributed by atoms with Gasteiger partial charge in [-0.2, -0.15) is 0 Å². The van der Waals surface area contributed by atoms with Gasteiger partial charge in [0, 0.05) is 28.5 Å². The quantitative estimate of drug-likeness (QED) is 0.667. The van der Waals surface area contributed by atoms with Gasteiger partial charge < -0.3 is 19.2 Å². The Kier molecular flexibility index (Phi) is 5.33. The van der Waals surface area contributed by atoms with Crippen molar-refractivity contribution in [3.05, 3.63) is 57.9 Å². The summed E-state index contributed by atoms with van der Waals surface area (Å²) in [7, 11) is 1.63. The van der Waals surface area contributed by atoms with Crippen LogP contribution in [0.15, 0.2) is 45.6 Å². The summed E-state index contributed by atoms with van der Waals surface area (Å²) in [6, 6.07) is 11.2. The third-order valence-electron chi connectivity index (χ3n) is 6.02. The van der Waals surface area contributed by atoms with Crippen LogP contribution < -0.4 is 15.3 Å². The van der Waals surface area contributed by atoms with Crippen LogP contribution in [0.4, 0.5) is 0 Å². The standard InChI is InChI=1S/C24H27NO4/c1-15-5-4-10-25(13-15)14-18-11-21-20(17-6-8-19(28-3)9-7-17)12-22(26)29-24(21)16(2)23(18)27/h6-9,11-12,15,27H,4-5,10,13-14H2,1-3H3/p+1/t15-/m0/s1. The molecule has 152 valence electrons. The molecule has 1 saturated heterocycles. The molecule has 2 N–H and O–H groups in total. The van der Waals surface area contributed by atoms with Crippen LogP contribution >= 0.6 is 0 Å². The van der Waals surface area contributed by atoms with Crippen LogP contribution in [-0.4, -0.2) is 25.3 Å². The summed E-state index contributed by atoms with van der Waals surface area (Å²) in [5.74, 6) is 1.70. The zero-order valence-corrected chi connectivity index (χ0v) is 17.2. The van der Waals surface area contributed by atoms with Crippen molar-refractivity contribution < 1.29 is 19.2 Å². The lowest BCUT2D eigenvalue weighted by atomic mass is 9.96. The zero-order valence-electron chi connectivity index (χ0n) is 17.2. The van der Waals surface area contributed by atoms with Crippen molar-refractivity contribution in [3.8, 4) is 22.6 Å². The molecule has 0 bridgehead atoms. The number of hydrogen-bond donors (Lipinski definition) is 2. The van der Waals surface area contributed by atoms with Gasteiger partial charge >= 0.3 is 5.63 Å². The molecule has 0 aliphatic carbocycles. The third-order valence-corrected chi connectivity index (χ3v) is 6.02. The predicted molar refractivity (Wildman–Crippen MR) is 114 cm³/mol. The van der Waals surface area contributed by atoms with Gasteiger partial charge in [0.1, 0.15) is 23.6 Å². The first-order chi connectivity index (χ1) is 14.0. The highest BCUT2D eigenvalue weighted by Crippen LogP contribution is 2.35. The van der Waals surface area contributed by atoms with E-state index >= 15 is 0 Å². The molecule has 0 amide bonds. The molecule has 2 heterocycles. The summed E-state index contributed by atoms with van der Waals surface area (Å²) in [5, 5.41) is 11.7. The van der Waals surface area contributed by atoms with Crippen molar-refractivity contribution in [1.29, 1.82) is 0 Å². The van der Waals surface area contributed by atoms with Gasteiger partial charge in [0.05, 0.1) is 20.2 Å². The van der Waals surface area contributed by atoms with Gasteiger partial charge in [-0.05, 0) is 49.1 Å². The first-order valence-electron chi connectivity index (χ1n) is 10.2. The van der Waals surface area contributed by atoms with Gasteiger partial charge in [-0.15, -0.1) is 0 Å². The monoisotopic (exact) mass is 394 g/mol. The normalized spacial score (nSPS) is 19.4. The highest BCUT2D eigenvalue weighted by molar-refractivity contribution is 5.96. The number of aromatic hydroxyl groups is 1. The zero-order chi connectivity index (χ0) is 20.5. The molecule has 1 aromatic heterocycles. The summed E-state index contributed by atoms with van der Waals surface area (Å²) in [5.41, 5.74) is 3.28. The number of nitrogens with one attached hydrogen (secondary N) is 1. The van der Waals surface area contributed by atoms with E-state index in [9.17, 15) is 9.90 Å². The third kappa shape index (κ3) is 3.87. The summed E-state index contributed by atoms with van der Waals surface area (Å²) < 4.78 is 10.7. The predicted octanol–water partition coefficient (Wildman–Crippen LogP) is 3.30. The van der Waals surface area contributed by atoms with Gasteiger partial charge in [-0.3, -0.25) is 0 Å². The lowest BCUT2D eigenvalue weighted by molar-refractivity contribution is -0.922. The minimum atomic E-state index is -0.422. The molecule has 1 unspecified atom stereocenters. The molecular weight excluding hydrogens is 366 g/mol. The second-order valence-electron chi connectivity index (χ2n) is 8.22. The average Bonchev–Trinajstić information content (AvgIpc) is 2.72. The first kappa shape index (κ1) is 19.5. The molecule has 0 radical (unpaired) electrons. The number of hydrogen-bond acceptors (Lipinski definition) is 4. The number of phenolic OH excluding ortho intramolecular Hbond substituents is 1. The van der Waals surface area contributed by atoms with Crippen LogP contribution in [0.2, 0.25) is 0 Å². The lowest BCUT2D eigenvalue weighted by Crippen LogP contribution is -3.12. The first-order valence-corrected chi connectivity index (χ1v) is 10.2. The van der Waals surface area contributed by atoms with E-state index in [0.29, 0.717) is 17.1 Å². The largest absolute Gasteiger partial charge is 0.507 e. The maximum Gasteiger partial charge on any atom is 0.336 e. The molecule has 1 aliphatic rings. The molecule has 2 aromatic carbocycles.